The molecule has 0 aliphatic rings. The number of rotatable bonds is 5. The minimum absolute atomic E-state index is 0.100. The SMILES string of the molecule is Cc1ccc(CC(CO)Cc2ccc(F)c(Cl)c2)cc1. The van der Waals surface area contributed by atoms with Gasteiger partial charge in [-0.25, -0.2) is 4.39 Å². The van der Waals surface area contributed by atoms with E-state index in [-0.39, 0.29) is 17.5 Å². The molecule has 2 aromatic rings. The molecular formula is C17H18ClFO. The summed E-state index contributed by atoms with van der Waals surface area (Å²) < 4.78 is 13.1. The predicted molar refractivity (Wildman–Crippen MR) is 80.6 cm³/mol. The second kappa shape index (κ2) is 6.87. The third-order valence-electron chi connectivity index (χ3n) is 3.41. The van der Waals surface area contributed by atoms with Crippen LogP contribution >= 0.6 is 11.6 Å². The molecule has 3 heteroatoms. The van der Waals surface area contributed by atoms with Gasteiger partial charge in [0.05, 0.1) is 5.02 Å². The number of aliphatic hydroxyl groups is 1. The average molecular weight is 293 g/mol. The minimum Gasteiger partial charge on any atom is -0.396 e. The summed E-state index contributed by atoms with van der Waals surface area (Å²) in [5.74, 6) is -0.297. The Morgan fingerprint density at radius 3 is 2.25 bits per heavy atom. The van der Waals surface area contributed by atoms with Crippen molar-refractivity contribution in [3.8, 4) is 0 Å². The topological polar surface area (TPSA) is 20.2 Å². The summed E-state index contributed by atoms with van der Waals surface area (Å²) in [6.07, 6.45) is 1.48. The molecule has 1 N–H and O–H groups in total. The van der Waals surface area contributed by atoms with Crippen molar-refractivity contribution < 1.29 is 9.50 Å². The van der Waals surface area contributed by atoms with E-state index in [4.69, 9.17) is 11.6 Å². The summed E-state index contributed by atoms with van der Waals surface area (Å²) in [5, 5.41) is 9.65. The van der Waals surface area contributed by atoms with Gasteiger partial charge in [0, 0.05) is 6.61 Å². The Labute approximate surface area is 124 Å². The predicted octanol–water partition coefficient (Wildman–Crippen LogP) is 4.18. The van der Waals surface area contributed by atoms with Gasteiger partial charge in [0.2, 0.25) is 0 Å². The largest absolute Gasteiger partial charge is 0.396 e. The summed E-state index contributed by atoms with van der Waals surface area (Å²) in [6.45, 7) is 2.15. The average Bonchev–Trinajstić information content (AvgIpc) is 2.44. The smallest absolute Gasteiger partial charge is 0.141 e. The fourth-order valence-electron chi connectivity index (χ4n) is 2.26. The molecule has 0 saturated heterocycles. The number of aliphatic hydroxyl groups excluding tert-OH is 1. The van der Waals surface area contributed by atoms with Crippen LogP contribution in [0.2, 0.25) is 5.02 Å². The van der Waals surface area contributed by atoms with Gasteiger partial charge in [0.25, 0.3) is 0 Å². The first-order valence-electron chi connectivity index (χ1n) is 6.69. The number of halogens is 2. The fourth-order valence-corrected chi connectivity index (χ4v) is 2.46. The van der Waals surface area contributed by atoms with Gasteiger partial charge in [0.15, 0.2) is 0 Å². The van der Waals surface area contributed by atoms with Crippen LogP contribution < -0.4 is 0 Å². The lowest BCUT2D eigenvalue weighted by Gasteiger charge is -2.15. The zero-order valence-corrected chi connectivity index (χ0v) is 12.2. The molecule has 20 heavy (non-hydrogen) atoms. The van der Waals surface area contributed by atoms with Gasteiger partial charge in [-0.05, 0) is 48.9 Å². The summed E-state index contributed by atoms with van der Waals surface area (Å²) >= 11 is 5.78. The number of hydrogen-bond donors (Lipinski definition) is 1. The van der Waals surface area contributed by atoms with Gasteiger partial charge in [-0.15, -0.1) is 0 Å². The highest BCUT2D eigenvalue weighted by molar-refractivity contribution is 6.30. The quantitative estimate of drug-likeness (QED) is 0.876. The molecule has 0 bridgehead atoms. The molecule has 1 unspecified atom stereocenters. The molecule has 0 radical (unpaired) electrons. The van der Waals surface area contributed by atoms with Crippen molar-refractivity contribution in [2.24, 2.45) is 5.92 Å². The van der Waals surface area contributed by atoms with Gasteiger partial charge in [0.1, 0.15) is 5.82 Å². The number of benzene rings is 2. The Hall–Kier alpha value is -1.38. The van der Waals surface area contributed by atoms with Gasteiger partial charge >= 0.3 is 0 Å². The molecule has 2 rings (SSSR count). The van der Waals surface area contributed by atoms with Crippen molar-refractivity contribution in [2.75, 3.05) is 6.61 Å². The van der Waals surface area contributed by atoms with Gasteiger partial charge in [-0.1, -0.05) is 47.5 Å². The Kier molecular flexibility index (Phi) is 5.16. The Bertz CT molecular complexity index is 566. The third-order valence-corrected chi connectivity index (χ3v) is 3.70. The van der Waals surface area contributed by atoms with Crippen LogP contribution in [0.5, 0.6) is 0 Å². The minimum atomic E-state index is -0.408. The normalized spacial score (nSPS) is 12.4. The molecule has 106 valence electrons. The zero-order valence-electron chi connectivity index (χ0n) is 11.4. The second-order valence-electron chi connectivity index (χ2n) is 5.19. The molecular weight excluding hydrogens is 275 g/mol. The zero-order chi connectivity index (χ0) is 14.5. The van der Waals surface area contributed by atoms with Crippen molar-refractivity contribution in [3.63, 3.8) is 0 Å². The Balaban J connectivity index is 2.04. The first-order chi connectivity index (χ1) is 9.58. The van der Waals surface area contributed by atoms with E-state index in [1.807, 2.05) is 6.92 Å². The standard InChI is InChI=1S/C17H18ClFO/c1-12-2-4-13(5-3-12)8-15(11-20)9-14-6-7-17(19)16(18)10-14/h2-7,10,15,20H,8-9,11H2,1H3. The van der Waals surface area contributed by atoms with Crippen LogP contribution in [0.4, 0.5) is 4.39 Å². The van der Waals surface area contributed by atoms with Crippen molar-refractivity contribution in [2.45, 2.75) is 19.8 Å². The van der Waals surface area contributed by atoms with Crippen LogP contribution in [0.15, 0.2) is 42.5 Å². The summed E-state index contributed by atoms with van der Waals surface area (Å²) in [5.41, 5.74) is 3.37. The maximum absolute atomic E-state index is 13.1. The lowest BCUT2D eigenvalue weighted by atomic mass is 9.93. The van der Waals surface area contributed by atoms with Crippen LogP contribution in [0.25, 0.3) is 0 Å². The first-order valence-corrected chi connectivity index (χ1v) is 7.06. The van der Waals surface area contributed by atoms with E-state index in [0.29, 0.717) is 6.42 Å². The van der Waals surface area contributed by atoms with E-state index in [0.717, 1.165) is 12.0 Å². The molecule has 0 aliphatic heterocycles. The second-order valence-corrected chi connectivity index (χ2v) is 5.60. The number of aryl methyl sites for hydroxylation is 1. The number of hydrogen-bond acceptors (Lipinski definition) is 1. The maximum Gasteiger partial charge on any atom is 0.141 e. The summed E-state index contributed by atoms with van der Waals surface area (Å²) in [7, 11) is 0. The van der Waals surface area contributed by atoms with Crippen molar-refractivity contribution >= 4 is 11.6 Å². The maximum atomic E-state index is 13.1. The van der Waals surface area contributed by atoms with E-state index in [1.54, 1.807) is 12.1 Å². The Morgan fingerprint density at radius 2 is 1.65 bits per heavy atom. The fraction of sp³-hybridized carbons (Fsp3) is 0.294. The van der Waals surface area contributed by atoms with E-state index in [9.17, 15) is 9.50 Å². The molecule has 0 heterocycles. The van der Waals surface area contributed by atoms with Crippen molar-refractivity contribution in [1.29, 1.82) is 0 Å². The highest BCUT2D eigenvalue weighted by Gasteiger charge is 2.11. The van der Waals surface area contributed by atoms with Gasteiger partial charge in [-0.2, -0.15) is 0 Å². The van der Waals surface area contributed by atoms with E-state index >= 15 is 0 Å². The van der Waals surface area contributed by atoms with Crippen LogP contribution in [0, 0.1) is 18.7 Å². The lowest BCUT2D eigenvalue weighted by molar-refractivity contribution is 0.225. The van der Waals surface area contributed by atoms with Crippen molar-refractivity contribution in [1.82, 2.24) is 0 Å². The molecule has 0 aromatic heterocycles. The van der Waals surface area contributed by atoms with Crippen LogP contribution in [-0.2, 0) is 12.8 Å². The van der Waals surface area contributed by atoms with Crippen molar-refractivity contribution in [3.05, 3.63) is 70.0 Å². The summed E-state index contributed by atoms with van der Waals surface area (Å²) in [4.78, 5) is 0. The molecule has 0 fully saturated rings. The highest BCUT2D eigenvalue weighted by Crippen LogP contribution is 2.20. The van der Waals surface area contributed by atoms with E-state index < -0.39 is 5.82 Å². The van der Waals surface area contributed by atoms with Crippen LogP contribution in [0.3, 0.4) is 0 Å². The molecule has 0 amide bonds. The first kappa shape index (κ1) is 15.0. The summed E-state index contributed by atoms with van der Waals surface area (Å²) in [6, 6.07) is 13.0. The Morgan fingerprint density at radius 1 is 1.05 bits per heavy atom. The van der Waals surface area contributed by atoms with E-state index in [2.05, 4.69) is 24.3 Å². The molecule has 2 aromatic carbocycles. The monoisotopic (exact) mass is 292 g/mol. The lowest BCUT2D eigenvalue weighted by Crippen LogP contribution is -2.13. The highest BCUT2D eigenvalue weighted by atomic mass is 35.5. The van der Waals surface area contributed by atoms with Gasteiger partial charge in [-0.3, -0.25) is 0 Å². The van der Waals surface area contributed by atoms with Gasteiger partial charge < -0.3 is 5.11 Å². The van der Waals surface area contributed by atoms with Crippen LogP contribution in [0.1, 0.15) is 16.7 Å². The molecule has 1 atom stereocenters. The molecule has 0 saturated carbocycles. The van der Waals surface area contributed by atoms with Crippen LogP contribution in [-0.4, -0.2) is 11.7 Å². The van der Waals surface area contributed by atoms with E-state index in [1.165, 1.54) is 17.2 Å². The molecule has 0 spiro atoms. The molecule has 0 aliphatic carbocycles. The third kappa shape index (κ3) is 4.06. The molecule has 1 nitrogen and oxygen atoms in total.